The van der Waals surface area contributed by atoms with E-state index < -0.39 is 6.10 Å². The largest absolute Gasteiger partial charge is 0.489 e. The van der Waals surface area contributed by atoms with Gasteiger partial charge in [0.05, 0.1) is 6.10 Å². The number of aliphatic hydroxyl groups excluding tert-OH is 1. The predicted octanol–water partition coefficient (Wildman–Crippen LogP) is 4.47. The van der Waals surface area contributed by atoms with E-state index in [1.165, 1.54) is 0 Å². The average Bonchev–Trinajstić information content (AvgIpc) is 2.46. The smallest absolute Gasteiger partial charge is 0.119 e. The van der Waals surface area contributed by atoms with Crippen LogP contribution in [0.5, 0.6) is 5.75 Å². The summed E-state index contributed by atoms with van der Waals surface area (Å²) in [6.07, 6.45) is 0.328. The lowest BCUT2D eigenvalue weighted by Gasteiger charge is -2.10. The summed E-state index contributed by atoms with van der Waals surface area (Å²) in [5.41, 5.74) is 2.04. The highest BCUT2D eigenvalue weighted by Gasteiger charge is 2.05. The maximum absolute atomic E-state index is 9.72. The Hall–Kier alpha value is -1.32. The summed E-state index contributed by atoms with van der Waals surface area (Å²) < 4.78 is 6.78. The topological polar surface area (TPSA) is 29.5 Å². The number of halogens is 1. The van der Waals surface area contributed by atoms with Crippen molar-refractivity contribution in [3.63, 3.8) is 0 Å². The number of aliphatic hydroxyl groups is 1. The van der Waals surface area contributed by atoms with E-state index in [4.69, 9.17) is 4.74 Å². The molecule has 0 spiro atoms. The summed E-state index contributed by atoms with van der Waals surface area (Å²) in [6.45, 7) is 2.49. The van der Waals surface area contributed by atoms with Crippen molar-refractivity contribution in [1.29, 1.82) is 0 Å². The van der Waals surface area contributed by atoms with Crippen molar-refractivity contribution in [3.8, 4) is 5.75 Å². The SMILES string of the molecule is CC[C@H](O)c1ccc(OCc2ccccc2Br)cc1. The first-order valence-corrected chi connectivity index (χ1v) is 7.14. The van der Waals surface area contributed by atoms with Crippen LogP contribution < -0.4 is 4.74 Å². The standard InChI is InChI=1S/C16H17BrO2/c1-2-16(18)12-7-9-14(10-8-12)19-11-13-5-3-4-6-15(13)17/h3-10,16,18H,2,11H2,1H3/t16-/m0/s1. The van der Waals surface area contributed by atoms with Gasteiger partial charge in [0.1, 0.15) is 12.4 Å². The molecule has 0 aliphatic heterocycles. The van der Waals surface area contributed by atoms with Crippen molar-refractivity contribution in [2.75, 3.05) is 0 Å². The Labute approximate surface area is 122 Å². The fourth-order valence-corrected chi connectivity index (χ4v) is 2.20. The molecule has 2 aromatic rings. The van der Waals surface area contributed by atoms with E-state index in [2.05, 4.69) is 15.9 Å². The molecule has 2 nitrogen and oxygen atoms in total. The molecule has 0 saturated carbocycles. The fourth-order valence-electron chi connectivity index (χ4n) is 1.80. The third-order valence-electron chi connectivity index (χ3n) is 3.00. The molecular formula is C16H17BrO2. The van der Waals surface area contributed by atoms with Crippen LogP contribution in [-0.2, 0) is 6.61 Å². The van der Waals surface area contributed by atoms with E-state index in [0.29, 0.717) is 6.61 Å². The van der Waals surface area contributed by atoms with Crippen LogP contribution in [0.25, 0.3) is 0 Å². The third-order valence-corrected chi connectivity index (χ3v) is 3.78. The minimum absolute atomic E-state index is 0.391. The Morgan fingerprint density at radius 3 is 2.42 bits per heavy atom. The molecule has 2 rings (SSSR count). The molecular weight excluding hydrogens is 304 g/mol. The van der Waals surface area contributed by atoms with Crippen LogP contribution in [0.3, 0.4) is 0 Å². The van der Waals surface area contributed by atoms with Crippen LogP contribution in [0, 0.1) is 0 Å². The van der Waals surface area contributed by atoms with Crippen molar-refractivity contribution in [1.82, 2.24) is 0 Å². The monoisotopic (exact) mass is 320 g/mol. The van der Waals surface area contributed by atoms with Gasteiger partial charge in [-0.2, -0.15) is 0 Å². The molecule has 0 aliphatic rings. The minimum Gasteiger partial charge on any atom is -0.489 e. The lowest BCUT2D eigenvalue weighted by molar-refractivity contribution is 0.173. The third kappa shape index (κ3) is 3.82. The maximum Gasteiger partial charge on any atom is 0.119 e. The zero-order chi connectivity index (χ0) is 13.7. The molecule has 100 valence electrons. The van der Waals surface area contributed by atoms with Gasteiger partial charge in [-0.25, -0.2) is 0 Å². The molecule has 0 bridgehead atoms. The number of hydrogen-bond acceptors (Lipinski definition) is 2. The average molecular weight is 321 g/mol. The second kappa shape index (κ2) is 6.73. The number of hydrogen-bond donors (Lipinski definition) is 1. The molecule has 1 N–H and O–H groups in total. The lowest BCUT2D eigenvalue weighted by Crippen LogP contribution is -1.98. The van der Waals surface area contributed by atoms with Crippen LogP contribution in [-0.4, -0.2) is 5.11 Å². The molecule has 2 aromatic carbocycles. The van der Waals surface area contributed by atoms with E-state index in [9.17, 15) is 5.11 Å². The predicted molar refractivity (Wildman–Crippen MR) is 80.2 cm³/mol. The van der Waals surface area contributed by atoms with Gasteiger partial charge in [-0.15, -0.1) is 0 Å². The molecule has 3 heteroatoms. The van der Waals surface area contributed by atoms with Gasteiger partial charge in [-0.3, -0.25) is 0 Å². The Kier molecular flexibility index (Phi) is 5.00. The lowest BCUT2D eigenvalue weighted by atomic mass is 10.1. The first kappa shape index (κ1) is 14.1. The van der Waals surface area contributed by atoms with Crippen LogP contribution in [0.1, 0.15) is 30.6 Å². The van der Waals surface area contributed by atoms with Crippen molar-refractivity contribution in [2.45, 2.75) is 26.1 Å². The second-order valence-electron chi connectivity index (χ2n) is 4.37. The van der Waals surface area contributed by atoms with Crippen LogP contribution >= 0.6 is 15.9 Å². The Morgan fingerprint density at radius 2 is 1.79 bits per heavy atom. The van der Waals surface area contributed by atoms with Gasteiger partial charge in [0.25, 0.3) is 0 Å². The highest BCUT2D eigenvalue weighted by Crippen LogP contribution is 2.22. The van der Waals surface area contributed by atoms with E-state index in [-0.39, 0.29) is 0 Å². The summed E-state index contributed by atoms with van der Waals surface area (Å²) in [5, 5.41) is 9.72. The van der Waals surface area contributed by atoms with Gasteiger partial charge in [-0.05, 0) is 30.2 Å². The summed E-state index contributed by atoms with van der Waals surface area (Å²) in [6, 6.07) is 15.6. The molecule has 0 aromatic heterocycles. The minimum atomic E-state index is -0.391. The maximum atomic E-state index is 9.72. The van der Waals surface area contributed by atoms with Crippen LogP contribution in [0.2, 0.25) is 0 Å². The molecule has 0 saturated heterocycles. The molecule has 0 radical (unpaired) electrons. The van der Waals surface area contributed by atoms with Gasteiger partial charge < -0.3 is 9.84 Å². The quantitative estimate of drug-likeness (QED) is 0.880. The fraction of sp³-hybridized carbons (Fsp3) is 0.250. The molecule has 0 unspecified atom stereocenters. The normalized spacial score (nSPS) is 12.2. The van der Waals surface area contributed by atoms with Crippen molar-refractivity contribution >= 4 is 15.9 Å². The van der Waals surface area contributed by atoms with Crippen LogP contribution in [0.15, 0.2) is 53.0 Å². The van der Waals surface area contributed by atoms with Gasteiger partial charge in [-0.1, -0.05) is 53.2 Å². The van der Waals surface area contributed by atoms with E-state index in [0.717, 1.165) is 27.8 Å². The molecule has 1 atom stereocenters. The van der Waals surface area contributed by atoms with Gasteiger partial charge in [0.2, 0.25) is 0 Å². The molecule has 0 aliphatic carbocycles. The second-order valence-corrected chi connectivity index (χ2v) is 5.23. The highest BCUT2D eigenvalue weighted by atomic mass is 79.9. The summed E-state index contributed by atoms with van der Waals surface area (Å²) >= 11 is 3.50. The van der Waals surface area contributed by atoms with Crippen molar-refractivity contribution in [2.24, 2.45) is 0 Å². The van der Waals surface area contributed by atoms with Crippen molar-refractivity contribution < 1.29 is 9.84 Å². The van der Waals surface area contributed by atoms with Crippen molar-refractivity contribution in [3.05, 3.63) is 64.1 Å². The Bertz CT molecular complexity index is 523. The molecule has 19 heavy (non-hydrogen) atoms. The van der Waals surface area contributed by atoms with E-state index in [1.54, 1.807) is 0 Å². The molecule has 0 heterocycles. The van der Waals surface area contributed by atoms with E-state index >= 15 is 0 Å². The molecule has 0 fully saturated rings. The Morgan fingerprint density at radius 1 is 1.11 bits per heavy atom. The number of benzene rings is 2. The summed E-state index contributed by atoms with van der Waals surface area (Å²) in [5.74, 6) is 0.808. The number of ether oxygens (including phenoxy) is 1. The highest BCUT2D eigenvalue weighted by molar-refractivity contribution is 9.10. The van der Waals surface area contributed by atoms with Crippen LogP contribution in [0.4, 0.5) is 0 Å². The zero-order valence-corrected chi connectivity index (χ0v) is 12.4. The first-order chi connectivity index (χ1) is 9.20. The van der Waals surface area contributed by atoms with Gasteiger partial charge >= 0.3 is 0 Å². The first-order valence-electron chi connectivity index (χ1n) is 6.35. The summed E-state index contributed by atoms with van der Waals surface area (Å²) in [7, 11) is 0. The van der Waals surface area contributed by atoms with Gasteiger partial charge in [0.15, 0.2) is 0 Å². The summed E-state index contributed by atoms with van der Waals surface area (Å²) in [4.78, 5) is 0. The number of rotatable bonds is 5. The van der Waals surface area contributed by atoms with Gasteiger partial charge in [0, 0.05) is 10.0 Å². The molecule has 0 amide bonds. The van der Waals surface area contributed by atoms with E-state index in [1.807, 2.05) is 55.5 Å². The zero-order valence-electron chi connectivity index (χ0n) is 10.8. The Balaban J connectivity index is 1.99.